The summed E-state index contributed by atoms with van der Waals surface area (Å²) in [6.07, 6.45) is 10.4. The molecular formula is C7H9NOSi. The minimum Gasteiger partial charge on any atom is -0.399 e. The van der Waals surface area contributed by atoms with Crippen LogP contribution in [0.25, 0.3) is 0 Å². The molecule has 2 aliphatic heterocycles. The van der Waals surface area contributed by atoms with E-state index in [0.29, 0.717) is 0 Å². The van der Waals surface area contributed by atoms with Gasteiger partial charge in [-0.05, 0) is 24.4 Å². The van der Waals surface area contributed by atoms with Crippen molar-refractivity contribution in [1.82, 2.24) is 4.57 Å². The van der Waals surface area contributed by atoms with Gasteiger partial charge < -0.3 is 8.99 Å². The highest BCUT2D eigenvalue weighted by Crippen LogP contribution is 2.13. The molecule has 2 rings (SSSR count). The first-order chi connectivity index (χ1) is 4.97. The average molecular weight is 151 g/mol. The zero-order chi connectivity index (χ0) is 6.81. The van der Waals surface area contributed by atoms with Gasteiger partial charge in [0.1, 0.15) is 0 Å². The van der Waals surface area contributed by atoms with Crippen molar-refractivity contribution >= 4 is 9.92 Å². The van der Waals surface area contributed by atoms with Crippen LogP contribution in [0.2, 0.25) is 0 Å². The third kappa shape index (κ3) is 0.935. The first-order valence-corrected chi connectivity index (χ1v) is 4.57. The van der Waals surface area contributed by atoms with E-state index in [1.165, 1.54) is 5.70 Å². The Morgan fingerprint density at radius 1 is 1.50 bits per heavy atom. The molecule has 0 atom stereocenters. The molecule has 2 aliphatic rings. The molecule has 3 heteroatoms. The summed E-state index contributed by atoms with van der Waals surface area (Å²) in [6, 6.07) is 0. The van der Waals surface area contributed by atoms with Gasteiger partial charge in [0.2, 0.25) is 0 Å². The Kier molecular flexibility index (Phi) is 1.45. The Morgan fingerprint density at radius 2 is 2.50 bits per heavy atom. The molecule has 0 saturated carbocycles. The maximum atomic E-state index is 5.34. The van der Waals surface area contributed by atoms with Gasteiger partial charge in [-0.3, -0.25) is 0 Å². The van der Waals surface area contributed by atoms with Crippen LogP contribution in [0.5, 0.6) is 0 Å². The summed E-state index contributed by atoms with van der Waals surface area (Å²) in [4.78, 5) is 0. The van der Waals surface area contributed by atoms with E-state index in [0.717, 1.165) is 6.61 Å². The predicted molar refractivity (Wildman–Crippen MR) is 42.7 cm³/mol. The lowest BCUT2D eigenvalue weighted by molar-refractivity contribution is 0.337. The van der Waals surface area contributed by atoms with E-state index in [1.54, 1.807) is 0 Å². The molecule has 52 valence electrons. The van der Waals surface area contributed by atoms with Crippen LogP contribution < -0.4 is 0 Å². The summed E-state index contributed by atoms with van der Waals surface area (Å²) in [5.41, 5.74) is 1.31. The van der Waals surface area contributed by atoms with Crippen molar-refractivity contribution in [1.29, 1.82) is 0 Å². The fourth-order valence-corrected chi connectivity index (χ4v) is 2.10. The van der Waals surface area contributed by atoms with Gasteiger partial charge in [-0.15, -0.1) is 0 Å². The molecule has 0 saturated heterocycles. The van der Waals surface area contributed by atoms with Crippen molar-refractivity contribution in [3.63, 3.8) is 0 Å². The van der Waals surface area contributed by atoms with Crippen molar-refractivity contribution in [2.45, 2.75) is 0 Å². The second-order valence-corrected chi connectivity index (χ2v) is 3.65. The number of fused-ring (bicyclic) bond motifs is 1. The van der Waals surface area contributed by atoms with E-state index in [1.807, 2.05) is 6.08 Å². The summed E-state index contributed by atoms with van der Waals surface area (Å²) in [5, 5.41) is 0. The Hall–Kier alpha value is -0.803. The highest BCUT2D eigenvalue weighted by molar-refractivity contribution is 6.25. The highest BCUT2D eigenvalue weighted by Gasteiger charge is 2.09. The number of nitrogens with zero attached hydrogens (tertiary/aromatic N) is 1. The Bertz CT molecular complexity index is 220. The lowest BCUT2D eigenvalue weighted by Crippen LogP contribution is -2.28. The number of rotatable bonds is 0. The molecule has 0 fully saturated rings. The topological polar surface area (TPSA) is 12.5 Å². The summed E-state index contributed by atoms with van der Waals surface area (Å²) in [7, 11) is -0.458. The van der Waals surface area contributed by atoms with Crippen molar-refractivity contribution in [2.75, 3.05) is 6.61 Å². The number of allylic oxidation sites excluding steroid dienone is 3. The normalized spacial score (nSPS) is 24.8. The monoisotopic (exact) mass is 151 g/mol. The Balaban J connectivity index is 2.27. The largest absolute Gasteiger partial charge is 0.399 e. The maximum Gasteiger partial charge on any atom is 0.271 e. The zero-order valence-corrected chi connectivity index (χ0v) is 7.07. The second-order valence-electron chi connectivity index (χ2n) is 2.30. The lowest BCUT2D eigenvalue weighted by Gasteiger charge is -2.26. The minimum atomic E-state index is -0.458. The molecule has 0 radical (unpaired) electrons. The molecule has 0 amide bonds. The SMILES string of the molecule is C1=CC2=CCO[SiH2]N2C=C1. The molecule has 0 aromatic rings. The summed E-state index contributed by atoms with van der Waals surface area (Å²) >= 11 is 0. The molecule has 0 unspecified atom stereocenters. The van der Waals surface area contributed by atoms with Crippen LogP contribution in [-0.2, 0) is 4.43 Å². The van der Waals surface area contributed by atoms with Crippen LogP contribution >= 0.6 is 0 Å². The maximum absolute atomic E-state index is 5.34. The van der Waals surface area contributed by atoms with Crippen LogP contribution in [0.15, 0.2) is 36.2 Å². The number of hydrogen-bond acceptors (Lipinski definition) is 2. The van der Waals surface area contributed by atoms with Crippen LogP contribution in [0.1, 0.15) is 0 Å². The molecular weight excluding hydrogens is 142 g/mol. The zero-order valence-electron chi connectivity index (χ0n) is 5.66. The third-order valence-electron chi connectivity index (χ3n) is 1.62. The molecule has 10 heavy (non-hydrogen) atoms. The predicted octanol–water partition coefficient (Wildman–Crippen LogP) is 0.285. The van der Waals surface area contributed by atoms with E-state index in [-0.39, 0.29) is 0 Å². The molecule has 0 N–H and O–H groups in total. The molecule has 0 aromatic heterocycles. The molecule has 2 heterocycles. The molecule has 0 spiro atoms. The van der Waals surface area contributed by atoms with Crippen LogP contribution in [0.4, 0.5) is 0 Å². The van der Waals surface area contributed by atoms with E-state index in [2.05, 4.69) is 29.0 Å². The van der Waals surface area contributed by atoms with Gasteiger partial charge in [0.25, 0.3) is 9.92 Å². The van der Waals surface area contributed by atoms with E-state index in [4.69, 9.17) is 4.43 Å². The molecule has 0 aliphatic carbocycles. The highest BCUT2D eigenvalue weighted by atomic mass is 28.2. The fourth-order valence-electron chi connectivity index (χ4n) is 1.09. The van der Waals surface area contributed by atoms with E-state index >= 15 is 0 Å². The Morgan fingerprint density at radius 3 is 3.40 bits per heavy atom. The first kappa shape index (κ1) is 5.94. The van der Waals surface area contributed by atoms with Crippen LogP contribution in [-0.4, -0.2) is 21.1 Å². The third-order valence-corrected chi connectivity index (χ3v) is 2.89. The molecule has 2 nitrogen and oxygen atoms in total. The summed E-state index contributed by atoms with van der Waals surface area (Å²) in [5.74, 6) is 0. The van der Waals surface area contributed by atoms with Gasteiger partial charge in [-0.2, -0.15) is 0 Å². The smallest absolute Gasteiger partial charge is 0.271 e. The lowest BCUT2D eigenvalue weighted by atomic mass is 10.3. The van der Waals surface area contributed by atoms with Crippen molar-refractivity contribution in [3.05, 3.63) is 36.2 Å². The van der Waals surface area contributed by atoms with Crippen LogP contribution in [0, 0.1) is 0 Å². The molecule has 0 bridgehead atoms. The minimum absolute atomic E-state index is 0.458. The standard InChI is InChI=1S/C7H9NOSi/c1-2-5-8-7(3-1)4-6-9-10-8/h1-5H,6,10H2. The van der Waals surface area contributed by atoms with Gasteiger partial charge in [0.15, 0.2) is 0 Å². The van der Waals surface area contributed by atoms with Gasteiger partial charge in [0, 0.05) is 5.70 Å². The second kappa shape index (κ2) is 2.44. The summed E-state index contributed by atoms with van der Waals surface area (Å²) < 4.78 is 7.55. The summed E-state index contributed by atoms with van der Waals surface area (Å²) in [6.45, 7) is 0.802. The molecule has 0 aromatic carbocycles. The van der Waals surface area contributed by atoms with E-state index in [9.17, 15) is 0 Å². The van der Waals surface area contributed by atoms with Crippen molar-refractivity contribution in [2.24, 2.45) is 0 Å². The fraction of sp³-hybridized carbons (Fsp3) is 0.143. The average Bonchev–Trinajstić information content (AvgIpc) is 2.05. The van der Waals surface area contributed by atoms with Crippen molar-refractivity contribution < 1.29 is 4.43 Å². The van der Waals surface area contributed by atoms with Gasteiger partial charge in [0.05, 0.1) is 6.61 Å². The number of hydrogen-bond donors (Lipinski definition) is 0. The van der Waals surface area contributed by atoms with Gasteiger partial charge >= 0.3 is 0 Å². The van der Waals surface area contributed by atoms with Gasteiger partial charge in [-0.25, -0.2) is 0 Å². The van der Waals surface area contributed by atoms with E-state index < -0.39 is 9.92 Å². The van der Waals surface area contributed by atoms with Crippen molar-refractivity contribution in [3.8, 4) is 0 Å². The first-order valence-electron chi connectivity index (χ1n) is 3.36. The van der Waals surface area contributed by atoms with Crippen LogP contribution in [0.3, 0.4) is 0 Å². The quantitative estimate of drug-likeness (QED) is 0.461. The Labute approximate surface area is 62.5 Å². The van der Waals surface area contributed by atoms with Gasteiger partial charge in [-0.1, -0.05) is 6.08 Å².